The van der Waals surface area contributed by atoms with Crippen LogP contribution in [0.2, 0.25) is 0 Å². The number of nitrogens with one attached hydrogen (secondary N) is 1. The van der Waals surface area contributed by atoms with Crippen LogP contribution in [0.3, 0.4) is 0 Å². The smallest absolute Gasteiger partial charge is 0.326 e. The van der Waals surface area contributed by atoms with Crippen LogP contribution in [-0.2, 0) is 11.2 Å². The molecule has 2 N–H and O–H groups in total. The van der Waals surface area contributed by atoms with Crippen LogP contribution in [0.5, 0.6) is 5.75 Å². The fraction of sp³-hybridized carbons (Fsp3) is 0.125. The Labute approximate surface area is 173 Å². The number of carboxylic acids is 1. The minimum atomic E-state index is -1.11. The lowest BCUT2D eigenvalue weighted by molar-refractivity contribution is -0.139. The molecule has 1 heterocycles. The standard InChI is InChI=1S/C24H20N2O4/c1-30-21-13-7-2-8-15(21)14-20(24(28)29)26-23(27)22-16-9-3-5-11-18(16)25-19-12-6-4-10-17(19)22/h2-13,20H,14H2,1H3,(H,26,27)(H,28,29)/t20-/m1/s1. The predicted octanol–water partition coefficient (Wildman–Crippen LogP) is 3.82. The highest BCUT2D eigenvalue weighted by Gasteiger charge is 2.25. The highest BCUT2D eigenvalue weighted by molar-refractivity contribution is 6.16. The number of rotatable bonds is 6. The Balaban J connectivity index is 1.74. The molecule has 6 heteroatoms. The lowest BCUT2D eigenvalue weighted by atomic mass is 10.0. The first kappa shape index (κ1) is 19.4. The van der Waals surface area contributed by atoms with Crippen molar-refractivity contribution < 1.29 is 19.4 Å². The van der Waals surface area contributed by atoms with Gasteiger partial charge in [-0.2, -0.15) is 0 Å². The normalized spacial score (nSPS) is 11.9. The van der Waals surface area contributed by atoms with E-state index < -0.39 is 17.9 Å². The van der Waals surface area contributed by atoms with Crippen molar-refractivity contribution in [1.29, 1.82) is 0 Å². The topological polar surface area (TPSA) is 88.5 Å². The van der Waals surface area contributed by atoms with Crippen molar-refractivity contribution in [1.82, 2.24) is 10.3 Å². The predicted molar refractivity (Wildman–Crippen MR) is 115 cm³/mol. The van der Waals surface area contributed by atoms with Crippen molar-refractivity contribution in [2.75, 3.05) is 7.11 Å². The number of hydrogen-bond donors (Lipinski definition) is 2. The van der Waals surface area contributed by atoms with E-state index in [0.717, 1.165) is 0 Å². The molecule has 0 radical (unpaired) electrons. The van der Waals surface area contributed by atoms with Crippen molar-refractivity contribution in [2.45, 2.75) is 12.5 Å². The van der Waals surface area contributed by atoms with Crippen LogP contribution in [0.15, 0.2) is 72.8 Å². The summed E-state index contributed by atoms with van der Waals surface area (Å²) in [5, 5.41) is 13.8. The molecule has 1 aromatic heterocycles. The Morgan fingerprint density at radius 1 is 0.933 bits per heavy atom. The van der Waals surface area contributed by atoms with Crippen LogP contribution in [0, 0.1) is 0 Å². The van der Waals surface area contributed by atoms with Gasteiger partial charge in [0.05, 0.1) is 23.7 Å². The van der Waals surface area contributed by atoms with E-state index in [1.54, 1.807) is 12.1 Å². The van der Waals surface area contributed by atoms with Gasteiger partial charge in [-0.15, -0.1) is 0 Å². The summed E-state index contributed by atoms with van der Waals surface area (Å²) >= 11 is 0. The molecule has 30 heavy (non-hydrogen) atoms. The van der Waals surface area contributed by atoms with Crippen LogP contribution in [0.25, 0.3) is 21.8 Å². The van der Waals surface area contributed by atoms with Gasteiger partial charge in [-0.3, -0.25) is 4.79 Å². The Kier molecular flexibility index (Phi) is 5.30. The molecule has 150 valence electrons. The van der Waals surface area contributed by atoms with Gasteiger partial charge < -0.3 is 15.2 Å². The maximum atomic E-state index is 13.3. The monoisotopic (exact) mass is 400 g/mol. The van der Waals surface area contributed by atoms with Gasteiger partial charge in [-0.25, -0.2) is 9.78 Å². The first-order valence-electron chi connectivity index (χ1n) is 9.51. The van der Waals surface area contributed by atoms with Crippen molar-refractivity contribution >= 4 is 33.7 Å². The number of fused-ring (bicyclic) bond motifs is 2. The quantitative estimate of drug-likeness (QED) is 0.480. The largest absolute Gasteiger partial charge is 0.496 e. The summed E-state index contributed by atoms with van der Waals surface area (Å²) in [6, 6.07) is 20.7. The minimum Gasteiger partial charge on any atom is -0.496 e. The molecule has 4 rings (SSSR count). The summed E-state index contributed by atoms with van der Waals surface area (Å²) in [7, 11) is 1.53. The second-order valence-corrected chi connectivity index (χ2v) is 6.90. The number of ether oxygens (including phenoxy) is 1. The number of methoxy groups -OCH3 is 1. The van der Waals surface area contributed by atoms with Gasteiger partial charge >= 0.3 is 5.97 Å². The van der Waals surface area contributed by atoms with Crippen LogP contribution in [0.1, 0.15) is 15.9 Å². The van der Waals surface area contributed by atoms with E-state index in [1.807, 2.05) is 60.7 Å². The number of benzene rings is 3. The van der Waals surface area contributed by atoms with E-state index in [2.05, 4.69) is 10.3 Å². The third-order valence-corrected chi connectivity index (χ3v) is 5.03. The highest BCUT2D eigenvalue weighted by atomic mass is 16.5. The third kappa shape index (κ3) is 3.67. The second-order valence-electron chi connectivity index (χ2n) is 6.90. The number of amides is 1. The molecule has 0 saturated carbocycles. The van der Waals surface area contributed by atoms with Gasteiger partial charge in [0, 0.05) is 17.2 Å². The molecule has 0 bridgehead atoms. The van der Waals surface area contributed by atoms with Gasteiger partial charge in [0.2, 0.25) is 0 Å². The molecule has 4 aromatic rings. The zero-order chi connectivity index (χ0) is 21.1. The van der Waals surface area contributed by atoms with Crippen LogP contribution < -0.4 is 10.1 Å². The third-order valence-electron chi connectivity index (χ3n) is 5.03. The van der Waals surface area contributed by atoms with Crippen molar-refractivity contribution in [3.05, 3.63) is 83.9 Å². The summed E-state index contributed by atoms with van der Waals surface area (Å²) in [6.45, 7) is 0. The van der Waals surface area contributed by atoms with Crippen molar-refractivity contribution in [3.8, 4) is 5.75 Å². The number of hydrogen-bond acceptors (Lipinski definition) is 4. The minimum absolute atomic E-state index is 0.103. The number of pyridine rings is 1. The maximum absolute atomic E-state index is 13.3. The SMILES string of the molecule is COc1ccccc1C[C@@H](NC(=O)c1c2ccccc2nc2ccccc12)C(=O)O. The number of nitrogens with zero attached hydrogens (tertiary/aromatic N) is 1. The summed E-state index contributed by atoms with van der Waals surface area (Å²) < 4.78 is 5.32. The van der Waals surface area contributed by atoms with Gasteiger partial charge in [-0.1, -0.05) is 54.6 Å². The molecule has 0 aliphatic heterocycles. The number of carboxylic acid groups (broad SMARTS) is 1. The van der Waals surface area contributed by atoms with Crippen molar-refractivity contribution in [2.24, 2.45) is 0 Å². The van der Waals surface area contributed by atoms with E-state index in [1.165, 1.54) is 7.11 Å². The number of para-hydroxylation sites is 3. The average Bonchev–Trinajstić information content (AvgIpc) is 2.77. The van der Waals surface area contributed by atoms with Gasteiger partial charge in [-0.05, 0) is 23.8 Å². The molecule has 0 aliphatic rings. The molecule has 3 aromatic carbocycles. The Bertz CT molecular complexity index is 1200. The lowest BCUT2D eigenvalue weighted by Crippen LogP contribution is -2.42. The summed E-state index contributed by atoms with van der Waals surface area (Å²) in [5.74, 6) is -0.984. The molecule has 0 aliphatic carbocycles. The van der Waals surface area contributed by atoms with E-state index in [-0.39, 0.29) is 6.42 Å². The average molecular weight is 400 g/mol. The zero-order valence-electron chi connectivity index (χ0n) is 16.3. The molecule has 6 nitrogen and oxygen atoms in total. The molecule has 0 unspecified atom stereocenters. The van der Waals surface area contributed by atoms with E-state index >= 15 is 0 Å². The number of carbonyl (C=O) groups is 2. The first-order chi connectivity index (χ1) is 14.6. The fourth-order valence-corrected chi connectivity index (χ4v) is 3.61. The molecular weight excluding hydrogens is 380 g/mol. The van der Waals surface area contributed by atoms with Gasteiger partial charge in [0.25, 0.3) is 5.91 Å². The molecule has 1 atom stereocenters. The first-order valence-corrected chi connectivity index (χ1v) is 9.51. The lowest BCUT2D eigenvalue weighted by Gasteiger charge is -2.18. The molecule has 0 spiro atoms. The molecule has 1 amide bonds. The van der Waals surface area contributed by atoms with Gasteiger partial charge in [0.15, 0.2) is 0 Å². The number of carbonyl (C=O) groups excluding carboxylic acids is 1. The second kappa shape index (κ2) is 8.21. The molecular formula is C24H20N2O4. The molecule has 0 saturated heterocycles. The summed E-state index contributed by atoms with van der Waals surface area (Å²) in [6.07, 6.45) is 0.103. The molecule has 0 fully saturated rings. The Morgan fingerprint density at radius 3 is 2.10 bits per heavy atom. The number of aromatic nitrogens is 1. The maximum Gasteiger partial charge on any atom is 0.326 e. The van der Waals surface area contributed by atoms with Gasteiger partial charge in [0.1, 0.15) is 11.8 Å². The van der Waals surface area contributed by atoms with E-state index in [9.17, 15) is 14.7 Å². The van der Waals surface area contributed by atoms with E-state index in [4.69, 9.17) is 4.74 Å². The van der Waals surface area contributed by atoms with Crippen LogP contribution in [0.4, 0.5) is 0 Å². The number of aliphatic carboxylic acids is 1. The fourth-order valence-electron chi connectivity index (χ4n) is 3.61. The Morgan fingerprint density at radius 2 is 1.50 bits per heavy atom. The highest BCUT2D eigenvalue weighted by Crippen LogP contribution is 2.26. The van der Waals surface area contributed by atoms with E-state index in [0.29, 0.717) is 38.7 Å². The summed E-state index contributed by atoms with van der Waals surface area (Å²) in [4.78, 5) is 29.8. The summed E-state index contributed by atoms with van der Waals surface area (Å²) in [5.41, 5.74) is 2.48. The Hall–Kier alpha value is -3.93. The van der Waals surface area contributed by atoms with Crippen LogP contribution >= 0.6 is 0 Å². The zero-order valence-corrected chi connectivity index (χ0v) is 16.3. The van der Waals surface area contributed by atoms with Crippen LogP contribution in [-0.4, -0.2) is 35.1 Å². The van der Waals surface area contributed by atoms with Crippen molar-refractivity contribution in [3.63, 3.8) is 0 Å².